The van der Waals surface area contributed by atoms with Crippen molar-refractivity contribution in [2.75, 3.05) is 25.1 Å². The molecule has 0 aromatic carbocycles. The van der Waals surface area contributed by atoms with E-state index < -0.39 is 4.92 Å². The number of aromatic nitrogens is 1. The van der Waals surface area contributed by atoms with Crippen molar-refractivity contribution in [3.8, 4) is 0 Å². The Balaban J connectivity index is 2.21. The Kier molecular flexibility index (Phi) is 5.95. The Labute approximate surface area is 100 Å². The van der Waals surface area contributed by atoms with Gasteiger partial charge in [0.05, 0.1) is 11.5 Å². The quantitative estimate of drug-likeness (QED) is 0.427. The number of pyridine rings is 1. The van der Waals surface area contributed by atoms with Crippen LogP contribution in [0.2, 0.25) is 0 Å². The van der Waals surface area contributed by atoms with E-state index in [1.165, 1.54) is 12.3 Å². The van der Waals surface area contributed by atoms with E-state index in [0.717, 1.165) is 19.4 Å². The van der Waals surface area contributed by atoms with Crippen molar-refractivity contribution in [3.05, 3.63) is 28.4 Å². The second kappa shape index (κ2) is 7.56. The van der Waals surface area contributed by atoms with Crippen molar-refractivity contribution in [1.29, 1.82) is 0 Å². The van der Waals surface area contributed by atoms with Crippen LogP contribution < -0.4 is 5.32 Å². The van der Waals surface area contributed by atoms with E-state index in [0.29, 0.717) is 19.0 Å². The van der Waals surface area contributed by atoms with Crippen LogP contribution in [0.1, 0.15) is 19.8 Å². The summed E-state index contributed by atoms with van der Waals surface area (Å²) in [6, 6.07) is 3.01. The summed E-state index contributed by atoms with van der Waals surface area (Å²) < 4.78 is 5.36. The van der Waals surface area contributed by atoms with Crippen molar-refractivity contribution in [2.24, 2.45) is 0 Å². The second-order valence-corrected chi connectivity index (χ2v) is 3.55. The van der Waals surface area contributed by atoms with Gasteiger partial charge in [-0.3, -0.25) is 10.1 Å². The lowest BCUT2D eigenvalue weighted by molar-refractivity contribution is -0.385. The van der Waals surface area contributed by atoms with Crippen molar-refractivity contribution in [1.82, 2.24) is 4.98 Å². The van der Waals surface area contributed by atoms with Crippen LogP contribution in [-0.4, -0.2) is 29.7 Å². The molecule has 0 aliphatic heterocycles. The molecule has 0 atom stereocenters. The molecule has 0 unspecified atom stereocenters. The first-order chi connectivity index (χ1) is 8.24. The zero-order valence-corrected chi connectivity index (χ0v) is 9.89. The first kappa shape index (κ1) is 13.4. The van der Waals surface area contributed by atoms with Gasteiger partial charge in [-0.25, -0.2) is 4.98 Å². The minimum Gasteiger partial charge on any atom is -0.380 e. The largest absolute Gasteiger partial charge is 0.380 e. The lowest BCUT2D eigenvalue weighted by atomic mass is 10.4. The molecule has 0 amide bonds. The van der Waals surface area contributed by atoms with Gasteiger partial charge in [-0.05, 0) is 12.5 Å². The minimum atomic E-state index is -0.468. The van der Waals surface area contributed by atoms with Crippen molar-refractivity contribution < 1.29 is 9.66 Å². The second-order valence-electron chi connectivity index (χ2n) is 3.55. The fraction of sp³-hybridized carbons (Fsp3) is 0.545. The Hall–Kier alpha value is -1.69. The highest BCUT2D eigenvalue weighted by Gasteiger charge is 2.04. The third-order valence-corrected chi connectivity index (χ3v) is 2.15. The van der Waals surface area contributed by atoms with E-state index in [9.17, 15) is 10.1 Å². The SMILES string of the molecule is CCCCOCCNc1ccc([N+](=O)[O-])cn1. The summed E-state index contributed by atoms with van der Waals surface area (Å²) in [6.45, 7) is 4.14. The fourth-order valence-electron chi connectivity index (χ4n) is 1.20. The topological polar surface area (TPSA) is 77.3 Å². The third kappa shape index (κ3) is 5.26. The summed E-state index contributed by atoms with van der Waals surface area (Å²) in [6.07, 6.45) is 3.42. The molecule has 17 heavy (non-hydrogen) atoms. The van der Waals surface area contributed by atoms with Gasteiger partial charge in [0.15, 0.2) is 0 Å². The molecule has 0 aliphatic carbocycles. The molecule has 0 spiro atoms. The van der Waals surface area contributed by atoms with E-state index in [-0.39, 0.29) is 5.69 Å². The molecule has 1 aromatic heterocycles. The van der Waals surface area contributed by atoms with Crippen molar-refractivity contribution in [3.63, 3.8) is 0 Å². The van der Waals surface area contributed by atoms with Crippen molar-refractivity contribution in [2.45, 2.75) is 19.8 Å². The Morgan fingerprint density at radius 1 is 1.47 bits per heavy atom. The van der Waals surface area contributed by atoms with Gasteiger partial charge in [-0.2, -0.15) is 0 Å². The highest BCUT2D eigenvalue weighted by Crippen LogP contribution is 2.11. The van der Waals surface area contributed by atoms with Gasteiger partial charge < -0.3 is 10.1 Å². The molecule has 0 aliphatic rings. The van der Waals surface area contributed by atoms with Crippen molar-refractivity contribution >= 4 is 11.5 Å². The van der Waals surface area contributed by atoms with Crippen LogP contribution in [0.15, 0.2) is 18.3 Å². The first-order valence-electron chi connectivity index (χ1n) is 5.66. The lowest BCUT2D eigenvalue weighted by Crippen LogP contribution is -2.10. The van der Waals surface area contributed by atoms with Gasteiger partial charge in [0, 0.05) is 19.2 Å². The first-order valence-corrected chi connectivity index (χ1v) is 5.66. The number of anilines is 1. The van der Waals surface area contributed by atoms with E-state index >= 15 is 0 Å². The van der Waals surface area contributed by atoms with E-state index in [1.807, 2.05) is 0 Å². The van der Waals surface area contributed by atoms with Gasteiger partial charge >= 0.3 is 0 Å². The molecule has 0 bridgehead atoms. The van der Waals surface area contributed by atoms with Gasteiger partial charge in [0.2, 0.25) is 0 Å². The molecule has 6 nitrogen and oxygen atoms in total. The molecule has 1 rings (SSSR count). The number of nitrogens with one attached hydrogen (secondary N) is 1. The zero-order valence-electron chi connectivity index (χ0n) is 9.89. The zero-order chi connectivity index (χ0) is 12.5. The number of nitro groups is 1. The molecule has 94 valence electrons. The lowest BCUT2D eigenvalue weighted by Gasteiger charge is -2.05. The molecule has 0 radical (unpaired) electrons. The molecule has 6 heteroatoms. The summed E-state index contributed by atoms with van der Waals surface area (Å²) >= 11 is 0. The maximum absolute atomic E-state index is 10.4. The number of hydrogen-bond acceptors (Lipinski definition) is 5. The fourth-order valence-corrected chi connectivity index (χ4v) is 1.20. The average molecular weight is 239 g/mol. The molecule has 0 saturated carbocycles. The molecule has 1 N–H and O–H groups in total. The van der Waals surface area contributed by atoms with Gasteiger partial charge in [0.25, 0.3) is 5.69 Å². The molecule has 0 saturated heterocycles. The molecule has 1 heterocycles. The Morgan fingerprint density at radius 3 is 2.88 bits per heavy atom. The standard InChI is InChI=1S/C11H17N3O3/c1-2-3-7-17-8-6-12-11-5-4-10(9-13-11)14(15)16/h4-5,9H,2-3,6-8H2,1H3,(H,12,13). The Bertz CT molecular complexity index is 340. The van der Waals surface area contributed by atoms with Gasteiger partial charge in [-0.15, -0.1) is 0 Å². The summed E-state index contributed by atoms with van der Waals surface area (Å²) in [4.78, 5) is 13.9. The number of hydrogen-bond donors (Lipinski definition) is 1. The Morgan fingerprint density at radius 2 is 2.29 bits per heavy atom. The van der Waals surface area contributed by atoms with Crippen LogP contribution in [0.25, 0.3) is 0 Å². The monoisotopic (exact) mass is 239 g/mol. The molecule has 0 fully saturated rings. The van der Waals surface area contributed by atoms with Gasteiger partial charge in [0.1, 0.15) is 12.0 Å². The highest BCUT2D eigenvalue weighted by molar-refractivity contribution is 5.39. The molecular weight excluding hydrogens is 222 g/mol. The van der Waals surface area contributed by atoms with Crippen LogP contribution in [0.5, 0.6) is 0 Å². The van der Waals surface area contributed by atoms with Crippen LogP contribution >= 0.6 is 0 Å². The number of ether oxygens (including phenoxy) is 1. The van der Waals surface area contributed by atoms with Gasteiger partial charge in [-0.1, -0.05) is 13.3 Å². The molecule has 1 aromatic rings. The summed E-state index contributed by atoms with van der Waals surface area (Å²) in [5.41, 5.74) is -0.00487. The number of rotatable bonds is 8. The van der Waals surface area contributed by atoms with E-state index in [2.05, 4.69) is 17.2 Å². The van der Waals surface area contributed by atoms with E-state index in [1.54, 1.807) is 6.07 Å². The predicted molar refractivity (Wildman–Crippen MR) is 65.1 cm³/mol. The third-order valence-electron chi connectivity index (χ3n) is 2.15. The van der Waals surface area contributed by atoms with Crippen LogP contribution in [0.3, 0.4) is 0 Å². The maximum Gasteiger partial charge on any atom is 0.287 e. The van der Waals surface area contributed by atoms with Crippen LogP contribution in [0, 0.1) is 10.1 Å². The normalized spacial score (nSPS) is 10.2. The highest BCUT2D eigenvalue weighted by atomic mass is 16.6. The van der Waals surface area contributed by atoms with Crippen LogP contribution in [-0.2, 0) is 4.74 Å². The molecular formula is C11H17N3O3. The smallest absolute Gasteiger partial charge is 0.287 e. The number of nitrogens with zero attached hydrogens (tertiary/aromatic N) is 2. The van der Waals surface area contributed by atoms with Crippen LogP contribution in [0.4, 0.5) is 11.5 Å². The van der Waals surface area contributed by atoms with E-state index in [4.69, 9.17) is 4.74 Å². The summed E-state index contributed by atoms with van der Waals surface area (Å²) in [7, 11) is 0. The minimum absolute atomic E-state index is 0.00487. The predicted octanol–water partition coefficient (Wildman–Crippen LogP) is 2.22. The summed E-state index contributed by atoms with van der Waals surface area (Å²) in [5.74, 6) is 0.620. The number of unbranched alkanes of at least 4 members (excludes halogenated alkanes) is 1. The average Bonchev–Trinajstić information content (AvgIpc) is 2.34. The maximum atomic E-state index is 10.4. The summed E-state index contributed by atoms with van der Waals surface area (Å²) in [5, 5.41) is 13.4.